The molecule has 0 saturated carbocycles. The summed E-state index contributed by atoms with van der Waals surface area (Å²) in [6, 6.07) is 6.45. The Labute approximate surface area is 132 Å². The Morgan fingerprint density at radius 1 is 1.33 bits per heavy atom. The van der Waals surface area contributed by atoms with Gasteiger partial charge in [-0.15, -0.1) is 0 Å². The van der Waals surface area contributed by atoms with E-state index in [1.165, 1.54) is 16.7 Å². The first-order valence-electron chi connectivity index (χ1n) is 7.71. The van der Waals surface area contributed by atoms with Crippen LogP contribution < -0.4 is 5.32 Å². The van der Waals surface area contributed by atoms with Gasteiger partial charge in [-0.2, -0.15) is 11.8 Å². The minimum Gasteiger partial charge on any atom is -0.322 e. The van der Waals surface area contributed by atoms with E-state index in [0.717, 1.165) is 25.1 Å². The molecule has 1 fully saturated rings. The molecule has 0 aliphatic carbocycles. The molecule has 1 aromatic carbocycles. The van der Waals surface area contributed by atoms with Gasteiger partial charge in [0.15, 0.2) is 0 Å². The minimum atomic E-state index is -0.0378. The minimum absolute atomic E-state index is 0.0317. The van der Waals surface area contributed by atoms with Gasteiger partial charge in [0.05, 0.1) is 6.04 Å². The van der Waals surface area contributed by atoms with Gasteiger partial charge in [0.2, 0.25) is 5.91 Å². The number of rotatable bonds is 6. The summed E-state index contributed by atoms with van der Waals surface area (Å²) in [7, 11) is 0. The van der Waals surface area contributed by atoms with Gasteiger partial charge in [0.25, 0.3) is 0 Å². The number of nitrogens with one attached hydrogen (secondary N) is 1. The molecule has 1 aliphatic rings. The lowest BCUT2D eigenvalue weighted by Gasteiger charge is -2.26. The Morgan fingerprint density at radius 2 is 2.10 bits per heavy atom. The van der Waals surface area contributed by atoms with E-state index < -0.39 is 0 Å². The van der Waals surface area contributed by atoms with Crippen LogP contribution in [-0.2, 0) is 4.79 Å². The SMILES string of the molecule is CCC1NC(c2cc(C)ccc2C)N(CCCSC)C1=O. The second-order valence-electron chi connectivity index (χ2n) is 5.77. The van der Waals surface area contributed by atoms with E-state index >= 15 is 0 Å². The number of aryl methyl sites for hydroxylation is 2. The van der Waals surface area contributed by atoms with Crippen LogP contribution in [0.5, 0.6) is 0 Å². The van der Waals surface area contributed by atoms with Gasteiger partial charge in [-0.3, -0.25) is 10.1 Å². The largest absolute Gasteiger partial charge is 0.322 e. The molecule has 116 valence electrons. The number of carbonyl (C=O) groups excluding carboxylic acids is 1. The standard InChI is InChI=1S/C17H26N2OS/c1-5-15-17(20)19(9-6-10-21-4)16(18-15)14-11-12(2)7-8-13(14)3/h7-8,11,15-16,18H,5-6,9-10H2,1-4H3. The van der Waals surface area contributed by atoms with E-state index in [4.69, 9.17) is 0 Å². The van der Waals surface area contributed by atoms with E-state index in [1.807, 2.05) is 16.7 Å². The average molecular weight is 306 g/mol. The molecule has 0 radical (unpaired) electrons. The zero-order chi connectivity index (χ0) is 15.4. The van der Waals surface area contributed by atoms with Crippen LogP contribution in [0.1, 0.15) is 42.6 Å². The van der Waals surface area contributed by atoms with Crippen molar-refractivity contribution in [3.8, 4) is 0 Å². The molecule has 0 bridgehead atoms. The summed E-state index contributed by atoms with van der Waals surface area (Å²) in [5.74, 6) is 1.35. The number of thioether (sulfide) groups is 1. The van der Waals surface area contributed by atoms with Crippen LogP contribution in [0.15, 0.2) is 18.2 Å². The molecule has 1 saturated heterocycles. The fraction of sp³-hybridized carbons (Fsp3) is 0.588. The van der Waals surface area contributed by atoms with Crippen molar-refractivity contribution in [2.75, 3.05) is 18.6 Å². The van der Waals surface area contributed by atoms with Crippen molar-refractivity contribution in [1.82, 2.24) is 10.2 Å². The van der Waals surface area contributed by atoms with Crippen LogP contribution >= 0.6 is 11.8 Å². The topological polar surface area (TPSA) is 32.3 Å². The second kappa shape index (κ2) is 7.32. The van der Waals surface area contributed by atoms with Crippen molar-refractivity contribution in [1.29, 1.82) is 0 Å². The molecule has 3 nitrogen and oxygen atoms in total. The van der Waals surface area contributed by atoms with E-state index in [9.17, 15) is 4.79 Å². The highest BCUT2D eigenvalue weighted by atomic mass is 32.2. The van der Waals surface area contributed by atoms with Crippen LogP contribution in [0.3, 0.4) is 0 Å². The predicted molar refractivity (Wildman–Crippen MR) is 90.6 cm³/mol. The van der Waals surface area contributed by atoms with Crippen LogP contribution in [0.25, 0.3) is 0 Å². The number of benzene rings is 1. The summed E-state index contributed by atoms with van der Waals surface area (Å²) in [5, 5.41) is 3.52. The molecule has 21 heavy (non-hydrogen) atoms. The summed E-state index contributed by atoms with van der Waals surface area (Å²) in [4.78, 5) is 14.6. The van der Waals surface area contributed by atoms with E-state index in [-0.39, 0.29) is 18.1 Å². The highest BCUT2D eigenvalue weighted by molar-refractivity contribution is 7.98. The predicted octanol–water partition coefficient (Wildman–Crippen LogP) is 3.27. The van der Waals surface area contributed by atoms with Crippen molar-refractivity contribution in [2.24, 2.45) is 0 Å². The Bertz CT molecular complexity index is 504. The van der Waals surface area contributed by atoms with Crippen molar-refractivity contribution < 1.29 is 4.79 Å². The first-order valence-corrected chi connectivity index (χ1v) is 9.10. The van der Waals surface area contributed by atoms with Crippen molar-refractivity contribution in [3.05, 3.63) is 34.9 Å². The molecule has 1 aromatic rings. The maximum absolute atomic E-state index is 12.6. The van der Waals surface area contributed by atoms with Gasteiger partial charge in [0.1, 0.15) is 6.17 Å². The molecule has 1 N–H and O–H groups in total. The quantitative estimate of drug-likeness (QED) is 0.819. The van der Waals surface area contributed by atoms with E-state index in [0.29, 0.717) is 0 Å². The number of nitrogens with zero attached hydrogens (tertiary/aromatic N) is 1. The van der Waals surface area contributed by atoms with Gasteiger partial charge < -0.3 is 4.90 Å². The van der Waals surface area contributed by atoms with Gasteiger partial charge >= 0.3 is 0 Å². The maximum Gasteiger partial charge on any atom is 0.241 e. The smallest absolute Gasteiger partial charge is 0.241 e. The van der Waals surface area contributed by atoms with E-state index in [2.05, 4.69) is 50.5 Å². The van der Waals surface area contributed by atoms with E-state index in [1.54, 1.807) is 0 Å². The lowest BCUT2D eigenvalue weighted by Crippen LogP contribution is -2.32. The Hall–Kier alpha value is -1.00. The first kappa shape index (κ1) is 16.4. The number of carbonyl (C=O) groups is 1. The Balaban J connectivity index is 2.25. The molecular weight excluding hydrogens is 280 g/mol. The fourth-order valence-electron chi connectivity index (χ4n) is 2.90. The maximum atomic E-state index is 12.6. The molecule has 0 aromatic heterocycles. The van der Waals surface area contributed by atoms with Gasteiger partial charge in [-0.05, 0) is 49.8 Å². The molecule has 0 spiro atoms. The molecule has 4 heteroatoms. The molecule has 1 heterocycles. The Kier molecular flexibility index (Phi) is 5.71. The highest BCUT2D eigenvalue weighted by Gasteiger charge is 2.38. The lowest BCUT2D eigenvalue weighted by molar-refractivity contribution is -0.130. The third-order valence-corrected chi connectivity index (χ3v) is 4.83. The summed E-state index contributed by atoms with van der Waals surface area (Å²) in [6.45, 7) is 7.14. The molecule has 1 aliphatic heterocycles. The monoisotopic (exact) mass is 306 g/mol. The number of hydrogen-bond acceptors (Lipinski definition) is 3. The fourth-order valence-corrected chi connectivity index (χ4v) is 3.32. The molecular formula is C17H26N2OS. The first-order chi connectivity index (χ1) is 10.1. The summed E-state index contributed by atoms with van der Waals surface area (Å²) < 4.78 is 0. The highest BCUT2D eigenvalue weighted by Crippen LogP contribution is 2.29. The third-order valence-electron chi connectivity index (χ3n) is 4.14. The van der Waals surface area contributed by atoms with Gasteiger partial charge in [0, 0.05) is 6.54 Å². The van der Waals surface area contributed by atoms with Crippen molar-refractivity contribution in [2.45, 2.75) is 45.8 Å². The summed E-state index contributed by atoms with van der Waals surface area (Å²) >= 11 is 1.84. The number of amides is 1. The summed E-state index contributed by atoms with van der Waals surface area (Å²) in [5.41, 5.74) is 3.73. The van der Waals surface area contributed by atoms with Crippen LogP contribution in [-0.4, -0.2) is 35.4 Å². The van der Waals surface area contributed by atoms with Crippen molar-refractivity contribution in [3.63, 3.8) is 0 Å². The normalized spacial score (nSPS) is 22.1. The Morgan fingerprint density at radius 3 is 2.76 bits per heavy atom. The van der Waals surface area contributed by atoms with Gasteiger partial charge in [-0.25, -0.2) is 0 Å². The zero-order valence-corrected chi connectivity index (χ0v) is 14.3. The van der Waals surface area contributed by atoms with Crippen LogP contribution in [0.4, 0.5) is 0 Å². The second-order valence-corrected chi connectivity index (χ2v) is 6.75. The van der Waals surface area contributed by atoms with Crippen molar-refractivity contribution >= 4 is 17.7 Å². The number of hydrogen-bond donors (Lipinski definition) is 1. The zero-order valence-electron chi connectivity index (χ0n) is 13.5. The molecule has 1 amide bonds. The molecule has 2 atom stereocenters. The summed E-state index contributed by atoms with van der Waals surface area (Å²) in [6.07, 6.45) is 4.04. The molecule has 2 unspecified atom stereocenters. The van der Waals surface area contributed by atoms with Crippen LogP contribution in [0, 0.1) is 13.8 Å². The average Bonchev–Trinajstić information content (AvgIpc) is 2.79. The van der Waals surface area contributed by atoms with Crippen LogP contribution in [0.2, 0.25) is 0 Å². The van der Waals surface area contributed by atoms with Gasteiger partial charge in [-0.1, -0.05) is 30.7 Å². The lowest BCUT2D eigenvalue weighted by atomic mass is 10.0. The molecule has 2 rings (SSSR count). The third kappa shape index (κ3) is 3.61.